The van der Waals surface area contributed by atoms with Crippen molar-refractivity contribution in [2.75, 3.05) is 26.4 Å². The van der Waals surface area contributed by atoms with Crippen molar-refractivity contribution >= 4 is 5.91 Å². The summed E-state index contributed by atoms with van der Waals surface area (Å²) in [6, 6.07) is 16.1. The Balaban J connectivity index is 1.07. The van der Waals surface area contributed by atoms with E-state index < -0.39 is 0 Å². The van der Waals surface area contributed by atoms with Crippen LogP contribution in [0, 0.1) is 5.92 Å². The van der Waals surface area contributed by atoms with E-state index in [9.17, 15) is 4.79 Å². The van der Waals surface area contributed by atoms with Crippen LogP contribution in [-0.2, 0) is 17.9 Å². The standard InChI is InChI=1S/C25H28N4O3/c30-24(27-15-20-6-7-22-23(14-20)32-18-31-22)17-28-11-8-19(9-12-28)16-29-13-10-26-25(29)21-4-2-1-3-5-21/h1-7,10,13-14,19H,8-9,11-12,15-18H2,(H,27,30). The molecule has 1 fully saturated rings. The number of rotatable bonds is 7. The van der Waals surface area contributed by atoms with Crippen molar-refractivity contribution < 1.29 is 14.3 Å². The van der Waals surface area contributed by atoms with Gasteiger partial charge in [0.1, 0.15) is 5.82 Å². The van der Waals surface area contributed by atoms with Crippen molar-refractivity contribution in [3.8, 4) is 22.9 Å². The van der Waals surface area contributed by atoms with Gasteiger partial charge in [0.05, 0.1) is 6.54 Å². The molecule has 3 aromatic rings. The van der Waals surface area contributed by atoms with E-state index in [1.54, 1.807) is 0 Å². The fourth-order valence-corrected chi connectivity index (χ4v) is 4.42. The maximum Gasteiger partial charge on any atom is 0.234 e. The Morgan fingerprint density at radius 3 is 2.72 bits per heavy atom. The van der Waals surface area contributed by atoms with Crippen molar-refractivity contribution in [3.05, 3.63) is 66.5 Å². The van der Waals surface area contributed by atoms with Crippen LogP contribution < -0.4 is 14.8 Å². The smallest absolute Gasteiger partial charge is 0.234 e. The molecule has 0 radical (unpaired) electrons. The van der Waals surface area contributed by atoms with Crippen molar-refractivity contribution in [2.24, 2.45) is 5.92 Å². The summed E-state index contributed by atoms with van der Waals surface area (Å²) < 4.78 is 13.0. The van der Waals surface area contributed by atoms with Gasteiger partial charge in [0.15, 0.2) is 11.5 Å². The van der Waals surface area contributed by atoms with Gasteiger partial charge in [-0.25, -0.2) is 4.98 Å². The highest BCUT2D eigenvalue weighted by Crippen LogP contribution is 2.32. The Bertz CT molecular complexity index is 1060. The number of aromatic nitrogens is 2. The number of piperidine rings is 1. The number of imidazole rings is 1. The minimum Gasteiger partial charge on any atom is -0.454 e. The lowest BCUT2D eigenvalue weighted by Crippen LogP contribution is -2.41. The van der Waals surface area contributed by atoms with Gasteiger partial charge in [-0.05, 0) is 49.5 Å². The molecule has 1 N–H and O–H groups in total. The number of likely N-dealkylation sites (tertiary alicyclic amines) is 1. The maximum absolute atomic E-state index is 12.4. The highest BCUT2D eigenvalue weighted by Gasteiger charge is 2.22. The van der Waals surface area contributed by atoms with E-state index in [0.717, 1.165) is 60.9 Å². The minimum absolute atomic E-state index is 0.0575. The molecule has 0 spiro atoms. The molecule has 1 saturated heterocycles. The average Bonchev–Trinajstić information content (AvgIpc) is 3.48. The summed E-state index contributed by atoms with van der Waals surface area (Å²) >= 11 is 0. The van der Waals surface area contributed by atoms with E-state index in [0.29, 0.717) is 19.0 Å². The molecule has 3 heterocycles. The number of nitrogens with one attached hydrogen (secondary N) is 1. The van der Waals surface area contributed by atoms with Crippen LogP contribution in [0.3, 0.4) is 0 Å². The number of amides is 1. The van der Waals surface area contributed by atoms with Crippen LogP contribution in [0.2, 0.25) is 0 Å². The third-order valence-electron chi connectivity index (χ3n) is 6.20. The molecule has 2 aromatic carbocycles. The Morgan fingerprint density at radius 1 is 1.06 bits per heavy atom. The highest BCUT2D eigenvalue weighted by atomic mass is 16.7. The van der Waals surface area contributed by atoms with Crippen molar-refractivity contribution in [1.29, 1.82) is 0 Å². The molecule has 7 nitrogen and oxygen atoms in total. The van der Waals surface area contributed by atoms with Gasteiger partial charge >= 0.3 is 0 Å². The summed E-state index contributed by atoms with van der Waals surface area (Å²) in [5.74, 6) is 3.18. The first-order valence-corrected chi connectivity index (χ1v) is 11.2. The molecule has 0 aliphatic carbocycles. The second kappa shape index (κ2) is 9.44. The van der Waals surface area contributed by atoms with E-state index in [-0.39, 0.29) is 12.7 Å². The zero-order valence-corrected chi connectivity index (χ0v) is 18.1. The van der Waals surface area contributed by atoms with Gasteiger partial charge in [0.2, 0.25) is 12.7 Å². The third kappa shape index (κ3) is 4.78. The molecular weight excluding hydrogens is 404 g/mol. The van der Waals surface area contributed by atoms with Crippen molar-refractivity contribution in [1.82, 2.24) is 19.8 Å². The minimum atomic E-state index is 0.0575. The fraction of sp³-hybridized carbons (Fsp3) is 0.360. The first-order chi connectivity index (χ1) is 15.7. The summed E-state index contributed by atoms with van der Waals surface area (Å²) in [5, 5.41) is 3.02. The molecule has 2 aliphatic rings. The van der Waals surface area contributed by atoms with Crippen LogP contribution in [-0.4, -0.2) is 46.8 Å². The summed E-state index contributed by atoms with van der Waals surface area (Å²) in [7, 11) is 0. The SMILES string of the molecule is O=C(CN1CCC(Cn2ccnc2-c2ccccc2)CC1)NCc1ccc2c(c1)OCO2. The van der Waals surface area contributed by atoms with Crippen LogP contribution in [0.1, 0.15) is 18.4 Å². The number of ether oxygens (including phenoxy) is 2. The van der Waals surface area contributed by atoms with E-state index in [4.69, 9.17) is 9.47 Å². The fourth-order valence-electron chi connectivity index (χ4n) is 4.42. The summed E-state index contributed by atoms with van der Waals surface area (Å²) in [4.78, 5) is 19.2. The number of hydrogen-bond acceptors (Lipinski definition) is 5. The molecule has 166 valence electrons. The molecule has 0 bridgehead atoms. The second-order valence-corrected chi connectivity index (χ2v) is 8.45. The van der Waals surface area contributed by atoms with Gasteiger partial charge in [0.25, 0.3) is 0 Å². The molecule has 2 aliphatic heterocycles. The van der Waals surface area contributed by atoms with Crippen LogP contribution in [0.5, 0.6) is 11.5 Å². The number of nitrogens with zero attached hydrogens (tertiary/aromatic N) is 3. The Hall–Kier alpha value is -3.32. The van der Waals surface area contributed by atoms with E-state index in [1.807, 2.05) is 42.6 Å². The summed E-state index contributed by atoms with van der Waals surface area (Å²) in [6.45, 7) is 4.05. The number of hydrogen-bond donors (Lipinski definition) is 1. The van der Waals surface area contributed by atoms with Gasteiger partial charge in [-0.3, -0.25) is 9.69 Å². The predicted molar refractivity (Wildman–Crippen MR) is 121 cm³/mol. The summed E-state index contributed by atoms with van der Waals surface area (Å²) in [5.41, 5.74) is 2.16. The molecule has 0 saturated carbocycles. The van der Waals surface area contributed by atoms with Gasteiger partial charge in [-0.2, -0.15) is 0 Å². The van der Waals surface area contributed by atoms with Crippen LogP contribution >= 0.6 is 0 Å². The third-order valence-corrected chi connectivity index (χ3v) is 6.20. The molecule has 1 aromatic heterocycles. The number of fused-ring (bicyclic) bond motifs is 1. The average molecular weight is 433 g/mol. The maximum atomic E-state index is 12.4. The largest absolute Gasteiger partial charge is 0.454 e. The zero-order valence-electron chi connectivity index (χ0n) is 18.1. The molecule has 32 heavy (non-hydrogen) atoms. The summed E-state index contributed by atoms with van der Waals surface area (Å²) in [6.07, 6.45) is 6.12. The topological polar surface area (TPSA) is 68.6 Å². The Labute approximate surface area is 188 Å². The molecular formula is C25H28N4O3. The van der Waals surface area contributed by atoms with Crippen LogP contribution in [0.25, 0.3) is 11.4 Å². The number of benzene rings is 2. The van der Waals surface area contributed by atoms with Gasteiger partial charge in [-0.15, -0.1) is 0 Å². The van der Waals surface area contributed by atoms with Crippen molar-refractivity contribution in [3.63, 3.8) is 0 Å². The molecule has 1 amide bonds. The second-order valence-electron chi connectivity index (χ2n) is 8.45. The first kappa shape index (κ1) is 20.6. The van der Waals surface area contributed by atoms with E-state index >= 15 is 0 Å². The van der Waals surface area contributed by atoms with Gasteiger partial charge < -0.3 is 19.4 Å². The lowest BCUT2D eigenvalue weighted by molar-refractivity contribution is -0.122. The molecule has 0 unspecified atom stereocenters. The highest BCUT2D eigenvalue weighted by molar-refractivity contribution is 5.78. The lowest BCUT2D eigenvalue weighted by atomic mass is 9.96. The van der Waals surface area contributed by atoms with Gasteiger partial charge in [0, 0.05) is 31.0 Å². The normalized spacial score (nSPS) is 16.2. The van der Waals surface area contributed by atoms with Crippen LogP contribution in [0.4, 0.5) is 0 Å². The monoisotopic (exact) mass is 432 g/mol. The Kier molecular flexibility index (Phi) is 6.07. The van der Waals surface area contributed by atoms with Crippen LogP contribution in [0.15, 0.2) is 60.9 Å². The quantitative estimate of drug-likeness (QED) is 0.620. The molecule has 5 rings (SSSR count). The number of carbonyl (C=O) groups is 1. The Morgan fingerprint density at radius 2 is 1.88 bits per heavy atom. The first-order valence-electron chi connectivity index (χ1n) is 11.2. The lowest BCUT2D eigenvalue weighted by Gasteiger charge is -2.31. The molecule has 7 heteroatoms. The zero-order chi connectivity index (χ0) is 21.8. The van der Waals surface area contributed by atoms with Crippen molar-refractivity contribution in [2.45, 2.75) is 25.9 Å². The van der Waals surface area contributed by atoms with E-state index in [2.05, 4.69) is 38.1 Å². The molecule has 0 atom stereocenters. The predicted octanol–water partition coefficient (Wildman–Crippen LogP) is 3.31. The van der Waals surface area contributed by atoms with E-state index in [1.165, 1.54) is 0 Å². The number of carbonyl (C=O) groups excluding carboxylic acids is 1. The van der Waals surface area contributed by atoms with Gasteiger partial charge in [-0.1, -0.05) is 36.4 Å².